The van der Waals surface area contributed by atoms with Gasteiger partial charge in [0.25, 0.3) is 0 Å². The van der Waals surface area contributed by atoms with Crippen molar-refractivity contribution in [2.45, 2.75) is 13.5 Å². The van der Waals surface area contributed by atoms with Gasteiger partial charge >= 0.3 is 0 Å². The Morgan fingerprint density at radius 1 is 1.79 bits per heavy atom. The molecule has 0 atom stereocenters. The summed E-state index contributed by atoms with van der Waals surface area (Å²) in [5, 5.41) is 11.6. The number of nitrogens with zero attached hydrogens (tertiary/aromatic N) is 2. The Kier molecular flexibility index (Phi) is 2.47. The molecule has 1 fully saturated rings. The highest BCUT2D eigenvalue weighted by Crippen LogP contribution is 2.21. The predicted octanol–water partition coefficient (Wildman–Crippen LogP) is -0.236. The van der Waals surface area contributed by atoms with Crippen molar-refractivity contribution < 1.29 is 4.79 Å². The van der Waals surface area contributed by atoms with Crippen molar-refractivity contribution in [1.82, 2.24) is 20.2 Å². The van der Waals surface area contributed by atoms with Gasteiger partial charge in [0.2, 0.25) is 5.91 Å². The molecule has 1 aromatic rings. The highest BCUT2D eigenvalue weighted by atomic mass is 32.1. The summed E-state index contributed by atoms with van der Waals surface area (Å²) >= 11 is 1.29. The lowest BCUT2D eigenvalue weighted by atomic mass is 9.83. The predicted molar refractivity (Wildman–Crippen MR) is 52.7 cm³/mol. The van der Waals surface area contributed by atoms with Gasteiger partial charge in [-0.15, -0.1) is 5.10 Å². The zero-order valence-corrected chi connectivity index (χ0v) is 8.73. The average molecular weight is 212 g/mol. The van der Waals surface area contributed by atoms with E-state index in [1.807, 2.05) is 12.3 Å². The number of aromatic nitrogens is 2. The van der Waals surface area contributed by atoms with E-state index in [4.69, 9.17) is 0 Å². The first-order valence-corrected chi connectivity index (χ1v) is 5.29. The fourth-order valence-corrected chi connectivity index (χ4v) is 1.76. The summed E-state index contributed by atoms with van der Waals surface area (Å²) in [7, 11) is 0. The van der Waals surface area contributed by atoms with Crippen LogP contribution in [-0.2, 0) is 11.3 Å². The van der Waals surface area contributed by atoms with Crippen molar-refractivity contribution in [3.05, 3.63) is 11.1 Å². The highest BCUT2D eigenvalue weighted by Gasteiger charge is 2.38. The van der Waals surface area contributed by atoms with E-state index in [0.29, 0.717) is 6.54 Å². The van der Waals surface area contributed by atoms with Crippen molar-refractivity contribution in [1.29, 1.82) is 0 Å². The van der Waals surface area contributed by atoms with E-state index < -0.39 is 0 Å². The van der Waals surface area contributed by atoms with Crippen LogP contribution < -0.4 is 10.6 Å². The van der Waals surface area contributed by atoms with Gasteiger partial charge in [0.05, 0.1) is 17.7 Å². The first kappa shape index (κ1) is 9.54. The smallest absolute Gasteiger partial charge is 0.228 e. The van der Waals surface area contributed by atoms with Crippen molar-refractivity contribution in [2.24, 2.45) is 5.41 Å². The van der Waals surface area contributed by atoms with Crippen LogP contribution in [0.4, 0.5) is 0 Å². The van der Waals surface area contributed by atoms with Crippen LogP contribution in [0.25, 0.3) is 0 Å². The lowest BCUT2D eigenvalue weighted by molar-refractivity contribution is -0.132. The van der Waals surface area contributed by atoms with E-state index in [0.717, 1.165) is 18.8 Å². The minimum atomic E-state index is -0.233. The van der Waals surface area contributed by atoms with Gasteiger partial charge in [-0.2, -0.15) is 0 Å². The Hall–Kier alpha value is -1.01. The molecule has 6 heteroatoms. The number of hydrogen-bond donors (Lipinski definition) is 2. The number of hydrogen-bond acceptors (Lipinski definition) is 5. The molecule has 0 unspecified atom stereocenters. The van der Waals surface area contributed by atoms with Crippen molar-refractivity contribution in [2.75, 3.05) is 13.1 Å². The summed E-state index contributed by atoms with van der Waals surface area (Å²) in [5.74, 6) is 0.0873. The molecule has 1 aromatic heterocycles. The number of amides is 1. The second-order valence-electron chi connectivity index (χ2n) is 3.74. The minimum absolute atomic E-state index is 0.0873. The summed E-state index contributed by atoms with van der Waals surface area (Å²) in [6.45, 7) is 3.95. The molecule has 2 rings (SSSR count). The van der Waals surface area contributed by atoms with Gasteiger partial charge in [-0.05, 0) is 18.5 Å². The number of rotatable bonds is 3. The largest absolute Gasteiger partial charge is 0.350 e. The zero-order chi connectivity index (χ0) is 10.0. The molecule has 0 saturated carbocycles. The van der Waals surface area contributed by atoms with Crippen molar-refractivity contribution >= 4 is 17.4 Å². The van der Waals surface area contributed by atoms with Crippen molar-refractivity contribution in [3.63, 3.8) is 0 Å². The highest BCUT2D eigenvalue weighted by molar-refractivity contribution is 7.03. The van der Waals surface area contributed by atoms with E-state index in [1.54, 1.807) is 0 Å². The van der Waals surface area contributed by atoms with Gasteiger partial charge in [0.1, 0.15) is 0 Å². The second kappa shape index (κ2) is 3.62. The molecule has 5 nitrogen and oxygen atoms in total. The number of nitrogens with one attached hydrogen (secondary N) is 2. The van der Waals surface area contributed by atoms with E-state index >= 15 is 0 Å². The van der Waals surface area contributed by atoms with E-state index in [2.05, 4.69) is 20.2 Å². The zero-order valence-electron chi connectivity index (χ0n) is 7.91. The van der Waals surface area contributed by atoms with Crippen LogP contribution in [0.15, 0.2) is 5.38 Å². The third kappa shape index (κ3) is 1.76. The van der Waals surface area contributed by atoms with Gasteiger partial charge < -0.3 is 10.6 Å². The summed E-state index contributed by atoms with van der Waals surface area (Å²) in [5.41, 5.74) is 0.586. The minimum Gasteiger partial charge on any atom is -0.350 e. The fraction of sp³-hybridized carbons (Fsp3) is 0.625. The molecule has 0 spiro atoms. The standard InChI is InChI=1S/C8H12N4OS/c1-8(4-9-5-8)7(13)10-2-6-3-14-12-11-6/h3,9H,2,4-5H2,1H3,(H,10,13). The quantitative estimate of drug-likeness (QED) is 0.726. The molecular formula is C8H12N4OS. The maximum absolute atomic E-state index is 11.6. The number of carbonyl (C=O) groups is 1. The van der Waals surface area contributed by atoms with Crippen LogP contribution in [0.3, 0.4) is 0 Å². The molecule has 1 amide bonds. The summed E-state index contributed by atoms with van der Waals surface area (Å²) in [6, 6.07) is 0. The lowest BCUT2D eigenvalue weighted by Crippen LogP contribution is -2.59. The molecule has 1 aliphatic rings. The molecule has 0 aromatic carbocycles. The maximum Gasteiger partial charge on any atom is 0.228 e. The first-order valence-electron chi connectivity index (χ1n) is 4.46. The van der Waals surface area contributed by atoms with Crippen LogP contribution in [0, 0.1) is 5.41 Å². The van der Waals surface area contributed by atoms with Gasteiger partial charge in [0, 0.05) is 18.5 Å². The van der Waals surface area contributed by atoms with Crippen LogP contribution in [-0.4, -0.2) is 28.6 Å². The Labute approximate surface area is 86.1 Å². The normalized spacial score (nSPS) is 18.6. The number of carbonyl (C=O) groups excluding carboxylic acids is 1. The summed E-state index contributed by atoms with van der Waals surface area (Å²) < 4.78 is 3.72. The third-order valence-electron chi connectivity index (χ3n) is 2.41. The molecule has 0 radical (unpaired) electrons. The Morgan fingerprint density at radius 3 is 3.07 bits per heavy atom. The Morgan fingerprint density at radius 2 is 2.57 bits per heavy atom. The third-order valence-corrected chi connectivity index (χ3v) is 2.97. The Balaban J connectivity index is 1.84. The molecule has 0 bridgehead atoms. The fourth-order valence-electron chi connectivity index (χ4n) is 1.31. The van der Waals surface area contributed by atoms with Crippen LogP contribution >= 0.6 is 11.5 Å². The SMILES string of the molecule is CC1(C(=O)NCc2csnn2)CNC1. The van der Waals surface area contributed by atoms with Crippen LogP contribution in [0.2, 0.25) is 0 Å². The van der Waals surface area contributed by atoms with E-state index in [-0.39, 0.29) is 11.3 Å². The summed E-state index contributed by atoms with van der Waals surface area (Å²) in [4.78, 5) is 11.6. The topological polar surface area (TPSA) is 66.9 Å². The summed E-state index contributed by atoms with van der Waals surface area (Å²) in [6.07, 6.45) is 0. The molecule has 0 aliphatic carbocycles. The van der Waals surface area contributed by atoms with Crippen LogP contribution in [0.5, 0.6) is 0 Å². The Bertz CT molecular complexity index is 320. The lowest BCUT2D eigenvalue weighted by Gasteiger charge is -2.37. The van der Waals surface area contributed by atoms with E-state index in [9.17, 15) is 4.79 Å². The molecular weight excluding hydrogens is 200 g/mol. The molecule has 2 heterocycles. The van der Waals surface area contributed by atoms with Crippen LogP contribution in [0.1, 0.15) is 12.6 Å². The van der Waals surface area contributed by atoms with Gasteiger partial charge in [-0.1, -0.05) is 4.49 Å². The second-order valence-corrected chi connectivity index (χ2v) is 4.35. The first-order chi connectivity index (χ1) is 6.71. The molecule has 1 aliphatic heterocycles. The van der Waals surface area contributed by atoms with E-state index in [1.165, 1.54) is 11.5 Å². The monoisotopic (exact) mass is 212 g/mol. The molecule has 14 heavy (non-hydrogen) atoms. The maximum atomic E-state index is 11.6. The van der Waals surface area contributed by atoms with Crippen molar-refractivity contribution in [3.8, 4) is 0 Å². The molecule has 76 valence electrons. The van der Waals surface area contributed by atoms with Gasteiger partial charge in [0.15, 0.2) is 0 Å². The molecule has 2 N–H and O–H groups in total. The van der Waals surface area contributed by atoms with Gasteiger partial charge in [-0.25, -0.2) is 0 Å². The molecule has 1 saturated heterocycles. The van der Waals surface area contributed by atoms with Gasteiger partial charge in [-0.3, -0.25) is 4.79 Å². The average Bonchev–Trinajstić information content (AvgIpc) is 2.62.